The minimum atomic E-state index is -0.724. The molecular formula is C16H11F2NO2. The number of rotatable bonds is 3. The summed E-state index contributed by atoms with van der Waals surface area (Å²) in [5.74, 6) is -1.58. The molecule has 0 aliphatic carbocycles. The molecule has 0 bridgehead atoms. The minimum Gasteiger partial charge on any atom is -0.455 e. The van der Waals surface area contributed by atoms with Gasteiger partial charge in [-0.3, -0.25) is 4.79 Å². The molecule has 0 aromatic heterocycles. The largest absolute Gasteiger partial charge is 0.455 e. The van der Waals surface area contributed by atoms with Gasteiger partial charge in [0.1, 0.15) is 34.8 Å². The van der Waals surface area contributed by atoms with Crippen molar-refractivity contribution >= 4 is 5.78 Å². The van der Waals surface area contributed by atoms with Gasteiger partial charge < -0.3 is 4.74 Å². The third-order valence-electron chi connectivity index (χ3n) is 2.95. The van der Waals surface area contributed by atoms with E-state index in [-0.39, 0.29) is 34.0 Å². The number of nitriles is 1. The first-order valence-corrected chi connectivity index (χ1v) is 6.11. The quantitative estimate of drug-likeness (QED) is 0.797. The first-order chi connectivity index (χ1) is 9.93. The molecule has 0 amide bonds. The fourth-order valence-corrected chi connectivity index (χ4v) is 1.83. The van der Waals surface area contributed by atoms with Crippen molar-refractivity contribution in [2.24, 2.45) is 0 Å². The maximum Gasteiger partial charge on any atom is 0.163 e. The third-order valence-corrected chi connectivity index (χ3v) is 2.95. The van der Waals surface area contributed by atoms with Crippen LogP contribution in [0, 0.1) is 29.9 Å². The Bertz CT molecular complexity index is 764. The number of hydrogen-bond acceptors (Lipinski definition) is 3. The average molecular weight is 287 g/mol. The van der Waals surface area contributed by atoms with Gasteiger partial charge in [-0.1, -0.05) is 6.07 Å². The monoisotopic (exact) mass is 287 g/mol. The van der Waals surface area contributed by atoms with E-state index in [4.69, 9.17) is 10.00 Å². The Balaban J connectivity index is 2.55. The predicted molar refractivity (Wildman–Crippen MR) is 72.3 cm³/mol. The van der Waals surface area contributed by atoms with Crippen molar-refractivity contribution in [2.45, 2.75) is 13.8 Å². The van der Waals surface area contributed by atoms with Crippen molar-refractivity contribution < 1.29 is 18.3 Å². The van der Waals surface area contributed by atoms with Gasteiger partial charge in [0, 0.05) is 0 Å². The van der Waals surface area contributed by atoms with E-state index in [0.717, 1.165) is 12.1 Å². The van der Waals surface area contributed by atoms with Gasteiger partial charge in [0.25, 0.3) is 0 Å². The number of ketones is 1. The van der Waals surface area contributed by atoms with Crippen LogP contribution >= 0.6 is 0 Å². The molecule has 2 aromatic carbocycles. The summed E-state index contributed by atoms with van der Waals surface area (Å²) < 4.78 is 32.5. The second kappa shape index (κ2) is 5.71. The summed E-state index contributed by atoms with van der Waals surface area (Å²) in [5.41, 5.74) is 0.0464. The molecule has 2 rings (SSSR count). The van der Waals surface area contributed by atoms with Crippen LogP contribution in [0.4, 0.5) is 8.78 Å². The Labute approximate surface area is 120 Å². The molecule has 0 radical (unpaired) electrons. The van der Waals surface area contributed by atoms with E-state index in [1.165, 1.54) is 32.0 Å². The van der Waals surface area contributed by atoms with Gasteiger partial charge in [-0.2, -0.15) is 5.26 Å². The van der Waals surface area contributed by atoms with E-state index in [0.29, 0.717) is 0 Å². The Kier molecular flexibility index (Phi) is 3.99. The van der Waals surface area contributed by atoms with Crippen molar-refractivity contribution in [2.75, 3.05) is 0 Å². The van der Waals surface area contributed by atoms with Gasteiger partial charge in [-0.25, -0.2) is 8.78 Å². The standard InChI is InChI=1S/C16H11F2NO2/c1-9-6-16(11(10(2)20)7-14(9)18)21-15-5-3-4-13(17)12(15)8-19/h3-7H,1-2H3. The highest BCUT2D eigenvalue weighted by Crippen LogP contribution is 2.31. The zero-order chi connectivity index (χ0) is 15.6. The van der Waals surface area contributed by atoms with E-state index >= 15 is 0 Å². The molecule has 0 fully saturated rings. The molecule has 0 saturated carbocycles. The first-order valence-electron chi connectivity index (χ1n) is 6.11. The topological polar surface area (TPSA) is 50.1 Å². The molecule has 106 valence electrons. The van der Waals surface area contributed by atoms with Crippen LogP contribution in [-0.2, 0) is 0 Å². The lowest BCUT2D eigenvalue weighted by Gasteiger charge is -2.12. The number of carbonyl (C=O) groups excluding carboxylic acids is 1. The molecule has 0 aliphatic rings. The minimum absolute atomic E-state index is 0.0222. The number of ether oxygens (including phenoxy) is 1. The molecule has 0 N–H and O–H groups in total. The summed E-state index contributed by atoms with van der Waals surface area (Å²) in [6.07, 6.45) is 0. The van der Waals surface area contributed by atoms with Crippen LogP contribution in [0.3, 0.4) is 0 Å². The van der Waals surface area contributed by atoms with Crippen molar-refractivity contribution in [1.82, 2.24) is 0 Å². The molecule has 0 spiro atoms. The third kappa shape index (κ3) is 2.90. The van der Waals surface area contributed by atoms with Crippen molar-refractivity contribution in [1.29, 1.82) is 5.26 Å². The smallest absolute Gasteiger partial charge is 0.163 e. The van der Waals surface area contributed by atoms with Crippen LogP contribution in [0.15, 0.2) is 30.3 Å². The van der Waals surface area contributed by atoms with Crippen molar-refractivity contribution in [3.8, 4) is 17.6 Å². The average Bonchev–Trinajstić information content (AvgIpc) is 2.42. The molecule has 0 heterocycles. The van der Waals surface area contributed by atoms with Gasteiger partial charge >= 0.3 is 0 Å². The first kappa shape index (κ1) is 14.7. The molecule has 5 heteroatoms. The van der Waals surface area contributed by atoms with Gasteiger partial charge in [0.2, 0.25) is 0 Å². The molecule has 0 saturated heterocycles. The summed E-state index contributed by atoms with van der Waals surface area (Å²) >= 11 is 0. The van der Waals surface area contributed by atoms with Crippen LogP contribution < -0.4 is 4.74 Å². The summed E-state index contributed by atoms with van der Waals surface area (Å²) in [7, 11) is 0. The van der Waals surface area contributed by atoms with E-state index in [1.807, 2.05) is 0 Å². The lowest BCUT2D eigenvalue weighted by molar-refractivity contribution is 0.101. The number of carbonyl (C=O) groups is 1. The molecule has 0 unspecified atom stereocenters. The summed E-state index contributed by atoms with van der Waals surface area (Å²) in [6, 6.07) is 8.04. The fourth-order valence-electron chi connectivity index (χ4n) is 1.83. The highest BCUT2D eigenvalue weighted by molar-refractivity contribution is 5.97. The maximum atomic E-state index is 13.5. The normalized spacial score (nSPS) is 10.0. The van der Waals surface area contributed by atoms with Crippen LogP contribution in [0.25, 0.3) is 0 Å². The maximum absolute atomic E-state index is 13.5. The number of nitrogens with zero attached hydrogens (tertiary/aromatic N) is 1. The number of hydrogen-bond donors (Lipinski definition) is 0. The van der Waals surface area contributed by atoms with Crippen molar-refractivity contribution in [3.63, 3.8) is 0 Å². The van der Waals surface area contributed by atoms with Crippen LogP contribution in [0.1, 0.15) is 28.4 Å². The number of benzene rings is 2. The van der Waals surface area contributed by atoms with E-state index in [9.17, 15) is 13.6 Å². The van der Waals surface area contributed by atoms with Gasteiger partial charge in [-0.05, 0) is 43.7 Å². The Morgan fingerprint density at radius 3 is 2.52 bits per heavy atom. The van der Waals surface area contributed by atoms with Gasteiger partial charge in [-0.15, -0.1) is 0 Å². The van der Waals surface area contributed by atoms with Gasteiger partial charge in [0.15, 0.2) is 5.78 Å². The number of halogens is 2. The van der Waals surface area contributed by atoms with Crippen LogP contribution in [-0.4, -0.2) is 5.78 Å². The van der Waals surface area contributed by atoms with Crippen molar-refractivity contribution in [3.05, 3.63) is 58.7 Å². The highest BCUT2D eigenvalue weighted by atomic mass is 19.1. The molecule has 0 atom stereocenters. The second-order valence-electron chi connectivity index (χ2n) is 4.48. The van der Waals surface area contributed by atoms with Gasteiger partial charge in [0.05, 0.1) is 5.56 Å². The Hall–Kier alpha value is -2.74. The lowest BCUT2D eigenvalue weighted by atomic mass is 10.1. The lowest BCUT2D eigenvalue weighted by Crippen LogP contribution is -2.01. The van der Waals surface area contributed by atoms with Crippen LogP contribution in [0.2, 0.25) is 0 Å². The molecule has 3 nitrogen and oxygen atoms in total. The zero-order valence-corrected chi connectivity index (χ0v) is 11.4. The Morgan fingerprint density at radius 1 is 1.19 bits per heavy atom. The second-order valence-corrected chi connectivity index (χ2v) is 4.48. The highest BCUT2D eigenvalue weighted by Gasteiger charge is 2.16. The number of aryl methyl sites for hydroxylation is 1. The summed E-state index contributed by atoms with van der Waals surface area (Å²) in [5, 5.41) is 8.96. The number of Topliss-reactive ketones (excluding diaryl/α,β-unsaturated/α-hetero) is 1. The van der Waals surface area contributed by atoms with E-state index in [1.54, 1.807) is 6.07 Å². The van der Waals surface area contributed by atoms with E-state index in [2.05, 4.69) is 0 Å². The fraction of sp³-hybridized carbons (Fsp3) is 0.125. The molecule has 2 aromatic rings. The Morgan fingerprint density at radius 2 is 1.90 bits per heavy atom. The molecule has 21 heavy (non-hydrogen) atoms. The summed E-state index contributed by atoms with van der Waals surface area (Å²) in [4.78, 5) is 11.6. The molecular weight excluding hydrogens is 276 g/mol. The molecule has 0 aliphatic heterocycles. The zero-order valence-electron chi connectivity index (χ0n) is 11.4. The summed E-state index contributed by atoms with van der Waals surface area (Å²) in [6.45, 7) is 2.79. The van der Waals surface area contributed by atoms with Crippen LogP contribution in [0.5, 0.6) is 11.5 Å². The van der Waals surface area contributed by atoms with E-state index < -0.39 is 11.6 Å². The SMILES string of the molecule is CC(=O)c1cc(F)c(C)cc1Oc1cccc(F)c1C#N. The predicted octanol–water partition coefficient (Wildman–Crippen LogP) is 4.14.